The maximum absolute atomic E-state index is 10.8. The molecule has 1 N–H and O–H groups in total. The molecule has 0 amide bonds. The van der Waals surface area contributed by atoms with Crippen molar-refractivity contribution in [3.8, 4) is 12.3 Å². The van der Waals surface area contributed by atoms with Gasteiger partial charge in [0.15, 0.2) is 0 Å². The van der Waals surface area contributed by atoms with Gasteiger partial charge in [0.2, 0.25) is 0 Å². The highest BCUT2D eigenvalue weighted by atomic mass is 16.4. The molecule has 1 aliphatic carbocycles. The molecule has 90 valence electrons. The number of terminal acetylenes is 1. The van der Waals surface area contributed by atoms with E-state index in [1.807, 2.05) is 4.90 Å². The molecule has 1 saturated carbocycles. The van der Waals surface area contributed by atoms with E-state index in [2.05, 4.69) is 19.8 Å². The van der Waals surface area contributed by atoms with Crippen LogP contribution in [0, 0.1) is 24.2 Å². The van der Waals surface area contributed by atoms with Crippen molar-refractivity contribution in [1.82, 2.24) is 4.90 Å². The number of carboxylic acid groups (broad SMARTS) is 1. The number of nitrogens with zero attached hydrogens (tertiary/aromatic N) is 1. The van der Waals surface area contributed by atoms with E-state index >= 15 is 0 Å². The molecule has 0 aliphatic heterocycles. The van der Waals surface area contributed by atoms with Crippen LogP contribution >= 0.6 is 0 Å². The fourth-order valence-corrected chi connectivity index (χ4v) is 2.65. The quantitative estimate of drug-likeness (QED) is 0.739. The molecule has 0 aromatic rings. The smallest absolute Gasteiger partial charge is 0.317 e. The molecule has 0 radical (unpaired) electrons. The maximum atomic E-state index is 10.8. The Morgan fingerprint density at radius 3 is 2.75 bits per heavy atom. The van der Waals surface area contributed by atoms with Crippen molar-refractivity contribution in [3.05, 3.63) is 0 Å². The molecule has 16 heavy (non-hydrogen) atoms. The number of aliphatic carboxylic acids is 1. The lowest BCUT2D eigenvalue weighted by molar-refractivity contribution is -0.139. The molecule has 3 unspecified atom stereocenters. The molecule has 3 heteroatoms. The summed E-state index contributed by atoms with van der Waals surface area (Å²) in [5.74, 6) is 2.97. The Morgan fingerprint density at radius 1 is 1.50 bits per heavy atom. The average molecular weight is 223 g/mol. The predicted molar refractivity (Wildman–Crippen MR) is 64.0 cm³/mol. The zero-order chi connectivity index (χ0) is 12.1. The van der Waals surface area contributed by atoms with Gasteiger partial charge in [-0.05, 0) is 18.3 Å². The van der Waals surface area contributed by atoms with Gasteiger partial charge in [0, 0.05) is 6.04 Å². The molecule has 0 bridgehead atoms. The van der Waals surface area contributed by atoms with Gasteiger partial charge in [-0.2, -0.15) is 0 Å². The van der Waals surface area contributed by atoms with E-state index in [1.165, 1.54) is 12.8 Å². The summed E-state index contributed by atoms with van der Waals surface area (Å²) < 4.78 is 0. The number of hydrogen-bond acceptors (Lipinski definition) is 2. The molecule has 0 aromatic carbocycles. The number of carboxylic acids is 1. The van der Waals surface area contributed by atoms with E-state index in [9.17, 15) is 4.79 Å². The van der Waals surface area contributed by atoms with E-state index in [4.69, 9.17) is 11.5 Å². The molecule has 1 aliphatic rings. The van der Waals surface area contributed by atoms with Gasteiger partial charge in [0.05, 0.1) is 13.1 Å². The standard InChI is InChI=1S/C13H21NO2/c1-4-8-14(9-13(15)16)12-7-5-6-10(2)11(12)3/h1,10-12H,5-9H2,2-3H3,(H,15,16). The van der Waals surface area contributed by atoms with Crippen LogP contribution in [0.2, 0.25) is 0 Å². The minimum Gasteiger partial charge on any atom is -0.480 e. The minimum atomic E-state index is -0.791. The van der Waals surface area contributed by atoms with Crippen molar-refractivity contribution < 1.29 is 9.90 Å². The molecule has 0 saturated heterocycles. The largest absolute Gasteiger partial charge is 0.480 e. The van der Waals surface area contributed by atoms with Gasteiger partial charge >= 0.3 is 5.97 Å². The summed E-state index contributed by atoms with van der Waals surface area (Å²) >= 11 is 0. The van der Waals surface area contributed by atoms with Crippen molar-refractivity contribution >= 4 is 5.97 Å². The molecule has 0 spiro atoms. The zero-order valence-electron chi connectivity index (χ0n) is 10.1. The van der Waals surface area contributed by atoms with Crippen LogP contribution in [0.3, 0.4) is 0 Å². The second-order valence-electron chi connectivity index (χ2n) is 4.84. The highest BCUT2D eigenvalue weighted by Crippen LogP contribution is 2.32. The monoisotopic (exact) mass is 223 g/mol. The summed E-state index contributed by atoms with van der Waals surface area (Å²) in [6.45, 7) is 4.95. The third-order valence-corrected chi connectivity index (χ3v) is 3.77. The Labute approximate surface area is 97.8 Å². The number of carbonyl (C=O) groups is 1. The predicted octanol–water partition coefficient (Wildman–Crippen LogP) is 1.83. The molecule has 0 aromatic heterocycles. The molecular weight excluding hydrogens is 202 g/mol. The summed E-state index contributed by atoms with van der Waals surface area (Å²) in [6, 6.07) is 0.330. The molecule has 1 fully saturated rings. The van der Waals surface area contributed by atoms with Gasteiger partial charge < -0.3 is 5.11 Å². The third-order valence-electron chi connectivity index (χ3n) is 3.77. The Morgan fingerprint density at radius 2 is 2.19 bits per heavy atom. The molecular formula is C13H21NO2. The van der Waals surface area contributed by atoms with Crippen LogP contribution in [0.1, 0.15) is 33.1 Å². The summed E-state index contributed by atoms with van der Waals surface area (Å²) in [4.78, 5) is 12.7. The maximum Gasteiger partial charge on any atom is 0.317 e. The van der Waals surface area contributed by atoms with Crippen LogP contribution in [0.15, 0.2) is 0 Å². The van der Waals surface area contributed by atoms with Gasteiger partial charge in [-0.3, -0.25) is 9.69 Å². The van der Waals surface area contributed by atoms with Crippen LogP contribution in [-0.2, 0) is 4.79 Å². The van der Waals surface area contributed by atoms with E-state index < -0.39 is 5.97 Å². The lowest BCUT2D eigenvalue weighted by Gasteiger charge is -2.40. The van der Waals surface area contributed by atoms with Crippen molar-refractivity contribution in [3.63, 3.8) is 0 Å². The van der Waals surface area contributed by atoms with Crippen LogP contribution < -0.4 is 0 Å². The highest BCUT2D eigenvalue weighted by molar-refractivity contribution is 5.69. The zero-order valence-corrected chi connectivity index (χ0v) is 10.1. The highest BCUT2D eigenvalue weighted by Gasteiger charge is 2.31. The van der Waals surface area contributed by atoms with E-state index in [0.717, 1.165) is 6.42 Å². The Kier molecular flexibility index (Phi) is 4.82. The SMILES string of the molecule is C#CCN(CC(=O)O)C1CCCC(C)C1C. The van der Waals surface area contributed by atoms with Crippen LogP contribution in [0.5, 0.6) is 0 Å². The lowest BCUT2D eigenvalue weighted by Crippen LogP contribution is -2.46. The Bertz CT molecular complexity index is 282. The van der Waals surface area contributed by atoms with Crippen molar-refractivity contribution in [2.75, 3.05) is 13.1 Å². The van der Waals surface area contributed by atoms with Gasteiger partial charge in [0.25, 0.3) is 0 Å². The van der Waals surface area contributed by atoms with E-state index in [0.29, 0.717) is 24.4 Å². The molecule has 3 nitrogen and oxygen atoms in total. The first kappa shape index (κ1) is 13.1. The molecule has 0 heterocycles. The summed E-state index contributed by atoms with van der Waals surface area (Å²) in [7, 11) is 0. The second-order valence-corrected chi connectivity index (χ2v) is 4.84. The first-order valence-electron chi connectivity index (χ1n) is 5.95. The van der Waals surface area contributed by atoms with Crippen LogP contribution in [0.4, 0.5) is 0 Å². The number of rotatable bonds is 4. The van der Waals surface area contributed by atoms with E-state index in [-0.39, 0.29) is 6.54 Å². The topological polar surface area (TPSA) is 40.5 Å². The molecule has 3 atom stereocenters. The minimum absolute atomic E-state index is 0.0614. The van der Waals surface area contributed by atoms with Crippen LogP contribution in [-0.4, -0.2) is 35.1 Å². The first-order valence-corrected chi connectivity index (χ1v) is 5.95. The number of hydrogen-bond donors (Lipinski definition) is 1. The molecule has 1 rings (SSSR count). The fraction of sp³-hybridized carbons (Fsp3) is 0.769. The summed E-state index contributed by atoms with van der Waals surface area (Å²) in [6.07, 6.45) is 8.80. The van der Waals surface area contributed by atoms with Gasteiger partial charge in [-0.1, -0.05) is 32.6 Å². The summed E-state index contributed by atoms with van der Waals surface area (Å²) in [5, 5.41) is 8.88. The Hall–Kier alpha value is -1.01. The lowest BCUT2D eigenvalue weighted by atomic mass is 9.77. The summed E-state index contributed by atoms with van der Waals surface area (Å²) in [5.41, 5.74) is 0. The average Bonchev–Trinajstić information content (AvgIpc) is 2.21. The van der Waals surface area contributed by atoms with Gasteiger partial charge in [0.1, 0.15) is 0 Å². The third kappa shape index (κ3) is 3.24. The normalized spacial score (nSPS) is 30.0. The van der Waals surface area contributed by atoms with Crippen LogP contribution in [0.25, 0.3) is 0 Å². The Balaban J connectivity index is 2.68. The first-order chi connectivity index (χ1) is 7.56. The van der Waals surface area contributed by atoms with E-state index in [1.54, 1.807) is 0 Å². The van der Waals surface area contributed by atoms with Crippen molar-refractivity contribution in [2.24, 2.45) is 11.8 Å². The van der Waals surface area contributed by atoms with Crippen molar-refractivity contribution in [1.29, 1.82) is 0 Å². The van der Waals surface area contributed by atoms with Crippen molar-refractivity contribution in [2.45, 2.75) is 39.2 Å². The van der Waals surface area contributed by atoms with Gasteiger partial charge in [-0.15, -0.1) is 6.42 Å². The fourth-order valence-electron chi connectivity index (χ4n) is 2.65. The second kappa shape index (κ2) is 5.91. The van der Waals surface area contributed by atoms with Gasteiger partial charge in [-0.25, -0.2) is 0 Å².